The molecule has 0 aromatic rings. The fourth-order valence-electron chi connectivity index (χ4n) is 2.65. The molecule has 0 atom stereocenters. The Morgan fingerprint density at radius 2 is 1.32 bits per heavy atom. The van der Waals surface area contributed by atoms with Crippen LogP contribution >= 0.6 is 0 Å². The maximum Gasteiger partial charge on any atom is 0.334 e. The normalized spacial score (nSPS) is 13.4. The van der Waals surface area contributed by atoms with Crippen LogP contribution in [0.3, 0.4) is 0 Å². The molecule has 0 aromatic carbocycles. The molecule has 22 heavy (non-hydrogen) atoms. The van der Waals surface area contributed by atoms with Gasteiger partial charge in [0.25, 0.3) is 0 Å². The van der Waals surface area contributed by atoms with E-state index in [1.165, 1.54) is 25.9 Å². The second-order valence-electron chi connectivity index (χ2n) is 7.42. The summed E-state index contributed by atoms with van der Waals surface area (Å²) in [6, 6.07) is 1.11. The van der Waals surface area contributed by atoms with Gasteiger partial charge in [-0.3, -0.25) is 0 Å². The lowest BCUT2D eigenvalue weighted by Gasteiger charge is -2.35. The van der Waals surface area contributed by atoms with E-state index in [1.807, 2.05) is 0 Å². The smallest absolute Gasteiger partial charge is 0.334 e. The summed E-state index contributed by atoms with van der Waals surface area (Å²) in [5.41, 5.74) is 0. The average Bonchev–Trinajstić information content (AvgIpc) is 2.36. The Hall–Kier alpha value is 0.274. The van der Waals surface area contributed by atoms with Crippen molar-refractivity contribution in [1.29, 1.82) is 0 Å². The van der Waals surface area contributed by atoms with Crippen molar-refractivity contribution in [3.8, 4) is 0 Å². The van der Waals surface area contributed by atoms with Crippen LogP contribution in [0.15, 0.2) is 0 Å². The van der Waals surface area contributed by atoms with Crippen LogP contribution in [0.1, 0.15) is 26.7 Å². The van der Waals surface area contributed by atoms with Gasteiger partial charge < -0.3 is 18.3 Å². The molecule has 0 aliphatic rings. The van der Waals surface area contributed by atoms with Crippen molar-refractivity contribution in [3.63, 3.8) is 0 Å². The SMILES string of the molecule is CCO[Si](C)(CCCCN(CCN(C)C)[Si](C)(C)C)OCC. The van der Waals surface area contributed by atoms with Crippen LogP contribution in [-0.2, 0) is 8.85 Å². The van der Waals surface area contributed by atoms with Gasteiger partial charge in [-0.05, 0) is 53.5 Å². The van der Waals surface area contributed by atoms with Gasteiger partial charge in [0.1, 0.15) is 8.24 Å². The van der Waals surface area contributed by atoms with Gasteiger partial charge in [0.05, 0.1) is 0 Å². The predicted octanol–water partition coefficient (Wildman–Crippen LogP) is 3.61. The fraction of sp³-hybridized carbons (Fsp3) is 1.00. The molecule has 0 amide bonds. The molecule has 0 bridgehead atoms. The minimum absolute atomic E-state index is 0.770. The molecule has 0 saturated heterocycles. The number of unbranched alkanes of at least 4 members (excludes halogenated alkanes) is 1. The van der Waals surface area contributed by atoms with Gasteiger partial charge in [0, 0.05) is 26.3 Å². The molecule has 0 radical (unpaired) electrons. The average molecular weight is 349 g/mol. The highest BCUT2D eigenvalue weighted by Gasteiger charge is 2.30. The van der Waals surface area contributed by atoms with Crippen molar-refractivity contribution in [1.82, 2.24) is 9.47 Å². The Balaban J connectivity index is 4.26. The number of hydrogen-bond acceptors (Lipinski definition) is 4. The lowest BCUT2D eigenvalue weighted by molar-refractivity contribution is 0.188. The number of hydrogen-bond donors (Lipinski definition) is 0. The molecule has 0 aliphatic heterocycles. The molecular formula is C16H40N2O2Si2. The fourth-order valence-corrected chi connectivity index (χ4v) is 6.73. The maximum absolute atomic E-state index is 5.93. The van der Waals surface area contributed by atoms with Gasteiger partial charge in [0.15, 0.2) is 0 Å². The Kier molecular flexibility index (Phi) is 11.1. The molecule has 6 heteroatoms. The van der Waals surface area contributed by atoms with Crippen LogP contribution in [-0.4, -0.2) is 73.2 Å². The first-order chi connectivity index (χ1) is 10.1. The lowest BCUT2D eigenvalue weighted by atomic mass is 10.3. The van der Waals surface area contributed by atoms with E-state index >= 15 is 0 Å². The van der Waals surface area contributed by atoms with E-state index in [1.54, 1.807) is 0 Å². The Morgan fingerprint density at radius 1 is 0.773 bits per heavy atom. The van der Waals surface area contributed by atoms with Gasteiger partial charge >= 0.3 is 8.56 Å². The van der Waals surface area contributed by atoms with E-state index in [0.717, 1.165) is 25.8 Å². The molecule has 0 heterocycles. The van der Waals surface area contributed by atoms with Crippen LogP contribution in [0.5, 0.6) is 0 Å². The summed E-state index contributed by atoms with van der Waals surface area (Å²) in [6.07, 6.45) is 2.46. The van der Waals surface area contributed by atoms with Crippen molar-refractivity contribution in [2.45, 2.75) is 58.9 Å². The highest BCUT2D eigenvalue weighted by Crippen LogP contribution is 2.18. The molecule has 0 spiro atoms. The van der Waals surface area contributed by atoms with Gasteiger partial charge in [-0.15, -0.1) is 0 Å². The lowest BCUT2D eigenvalue weighted by Crippen LogP contribution is -2.49. The van der Waals surface area contributed by atoms with Crippen molar-refractivity contribution < 1.29 is 8.85 Å². The van der Waals surface area contributed by atoms with E-state index in [9.17, 15) is 0 Å². The minimum Gasteiger partial charge on any atom is -0.395 e. The summed E-state index contributed by atoms with van der Waals surface area (Å²) in [6.45, 7) is 18.8. The van der Waals surface area contributed by atoms with E-state index < -0.39 is 16.8 Å². The summed E-state index contributed by atoms with van der Waals surface area (Å²) < 4.78 is 14.6. The first-order valence-corrected chi connectivity index (χ1v) is 14.8. The molecule has 4 nitrogen and oxygen atoms in total. The molecule has 0 rings (SSSR count). The number of likely N-dealkylation sites (N-methyl/N-ethyl adjacent to an activating group) is 1. The van der Waals surface area contributed by atoms with Crippen LogP contribution in [0.4, 0.5) is 0 Å². The third-order valence-electron chi connectivity index (χ3n) is 3.97. The third kappa shape index (κ3) is 10.1. The molecule has 0 fully saturated rings. The van der Waals surface area contributed by atoms with Crippen molar-refractivity contribution >= 4 is 16.8 Å². The second kappa shape index (κ2) is 10.9. The molecule has 0 aliphatic carbocycles. The summed E-state index contributed by atoms with van der Waals surface area (Å²) in [7, 11) is 1.17. The van der Waals surface area contributed by atoms with E-state index in [2.05, 4.69) is 63.6 Å². The minimum atomic E-state index is -1.92. The van der Waals surface area contributed by atoms with Crippen molar-refractivity contribution in [2.75, 3.05) is 46.9 Å². The highest BCUT2D eigenvalue weighted by molar-refractivity contribution is 6.73. The highest BCUT2D eigenvalue weighted by atomic mass is 28.4. The molecule has 0 aromatic heterocycles. The quantitative estimate of drug-likeness (QED) is 0.375. The zero-order valence-corrected chi connectivity index (χ0v) is 18.4. The monoisotopic (exact) mass is 348 g/mol. The largest absolute Gasteiger partial charge is 0.395 e. The molecule has 134 valence electrons. The molecular weight excluding hydrogens is 308 g/mol. The predicted molar refractivity (Wildman–Crippen MR) is 102 cm³/mol. The van der Waals surface area contributed by atoms with Crippen molar-refractivity contribution in [3.05, 3.63) is 0 Å². The Labute approximate surface area is 141 Å². The standard InChI is InChI=1S/C16H40N2O2Si2/c1-9-19-22(8,20-10-2)16-12-11-13-18(21(5,6)7)15-14-17(3)4/h9-16H2,1-8H3. The summed E-state index contributed by atoms with van der Waals surface area (Å²) in [5, 5.41) is 0. The van der Waals surface area contributed by atoms with Gasteiger partial charge in [0.2, 0.25) is 0 Å². The zero-order valence-electron chi connectivity index (χ0n) is 16.4. The first-order valence-electron chi connectivity index (χ1n) is 8.82. The summed E-state index contributed by atoms with van der Waals surface area (Å²) >= 11 is 0. The van der Waals surface area contributed by atoms with Crippen LogP contribution in [0, 0.1) is 0 Å². The molecule has 0 N–H and O–H groups in total. The van der Waals surface area contributed by atoms with Gasteiger partial charge in [-0.2, -0.15) is 0 Å². The number of nitrogens with zero attached hydrogens (tertiary/aromatic N) is 2. The second-order valence-corrected chi connectivity index (χ2v) is 15.7. The van der Waals surface area contributed by atoms with Crippen LogP contribution in [0.2, 0.25) is 32.2 Å². The summed E-state index contributed by atoms with van der Waals surface area (Å²) in [5.74, 6) is 0. The molecule has 0 unspecified atom stereocenters. The van der Waals surface area contributed by atoms with E-state index in [-0.39, 0.29) is 0 Å². The third-order valence-corrected chi connectivity index (χ3v) is 9.38. The number of rotatable bonds is 13. The Bertz CT molecular complexity index is 278. The zero-order chi connectivity index (χ0) is 17.2. The topological polar surface area (TPSA) is 24.9 Å². The van der Waals surface area contributed by atoms with E-state index in [0.29, 0.717) is 0 Å². The van der Waals surface area contributed by atoms with Crippen LogP contribution < -0.4 is 0 Å². The van der Waals surface area contributed by atoms with Crippen LogP contribution in [0.25, 0.3) is 0 Å². The van der Waals surface area contributed by atoms with Gasteiger partial charge in [-0.25, -0.2) is 0 Å². The first kappa shape index (κ1) is 22.3. The Morgan fingerprint density at radius 3 is 1.73 bits per heavy atom. The summed E-state index contributed by atoms with van der Waals surface area (Å²) in [4.78, 5) is 2.28. The molecule has 0 saturated carbocycles. The van der Waals surface area contributed by atoms with E-state index in [4.69, 9.17) is 8.85 Å². The maximum atomic E-state index is 5.93. The van der Waals surface area contributed by atoms with Gasteiger partial charge in [-0.1, -0.05) is 26.1 Å². The van der Waals surface area contributed by atoms with Crippen molar-refractivity contribution in [2.24, 2.45) is 0 Å².